The van der Waals surface area contributed by atoms with Crippen molar-refractivity contribution < 1.29 is 4.79 Å². The van der Waals surface area contributed by atoms with Gasteiger partial charge in [-0.3, -0.25) is 4.79 Å². The number of hydrogen-bond acceptors (Lipinski definition) is 2. The normalized spacial score (nSPS) is 11.0. The highest BCUT2D eigenvalue weighted by molar-refractivity contribution is 6.38. The molecule has 0 radical (unpaired) electrons. The summed E-state index contributed by atoms with van der Waals surface area (Å²) in [6.07, 6.45) is 10.3. The third-order valence-corrected chi connectivity index (χ3v) is 4.05. The quantitative estimate of drug-likeness (QED) is 0.336. The molecule has 0 aromatic heterocycles. The van der Waals surface area contributed by atoms with Crippen LogP contribution in [0.15, 0.2) is 23.3 Å². The van der Waals surface area contributed by atoms with Crippen molar-refractivity contribution in [3.63, 3.8) is 0 Å². The first-order valence-corrected chi connectivity index (χ1v) is 8.66. The maximum Gasteiger partial charge on any atom is 0.240 e. The number of amides is 1. The van der Waals surface area contributed by atoms with E-state index in [0.717, 1.165) is 12.8 Å². The molecule has 0 heterocycles. The average Bonchev–Trinajstić information content (AvgIpc) is 2.49. The van der Waals surface area contributed by atoms with Gasteiger partial charge in [-0.05, 0) is 18.6 Å². The fourth-order valence-electron chi connectivity index (χ4n) is 2.10. The van der Waals surface area contributed by atoms with Gasteiger partial charge in [0.05, 0.1) is 16.3 Å². The summed E-state index contributed by atoms with van der Waals surface area (Å²) in [7, 11) is 0. The molecule has 1 amide bonds. The molecule has 0 aliphatic heterocycles. The number of nitrogens with zero attached hydrogens (tertiary/aromatic N) is 1. The Kier molecular flexibility index (Phi) is 9.93. The highest BCUT2D eigenvalue weighted by atomic mass is 35.5. The van der Waals surface area contributed by atoms with Gasteiger partial charge in [-0.15, -0.1) is 0 Å². The van der Waals surface area contributed by atoms with E-state index in [1.165, 1.54) is 38.3 Å². The molecule has 122 valence electrons. The van der Waals surface area contributed by atoms with E-state index < -0.39 is 0 Å². The van der Waals surface area contributed by atoms with E-state index in [1.54, 1.807) is 18.2 Å². The highest BCUT2D eigenvalue weighted by Crippen LogP contribution is 2.21. The summed E-state index contributed by atoms with van der Waals surface area (Å²) in [6, 6.07) is 5.23. The third-order valence-electron chi connectivity index (χ3n) is 3.39. The molecule has 3 nitrogen and oxygen atoms in total. The summed E-state index contributed by atoms with van der Waals surface area (Å²) in [5.41, 5.74) is 3.12. The molecular formula is C17H24Cl2N2O. The number of nitrogens with one attached hydrogen (secondary N) is 1. The first kappa shape index (κ1) is 19.0. The smallest absolute Gasteiger partial charge is 0.240 e. The summed E-state index contributed by atoms with van der Waals surface area (Å²) in [6.45, 7) is 2.21. The van der Waals surface area contributed by atoms with Crippen LogP contribution in [0.25, 0.3) is 0 Å². The van der Waals surface area contributed by atoms with Gasteiger partial charge in [-0.1, -0.05) is 74.7 Å². The van der Waals surface area contributed by atoms with E-state index in [2.05, 4.69) is 17.5 Å². The molecule has 1 rings (SSSR count). The van der Waals surface area contributed by atoms with Crippen LogP contribution < -0.4 is 5.43 Å². The Bertz CT molecular complexity index is 469. The Labute approximate surface area is 143 Å². The zero-order valence-electron chi connectivity index (χ0n) is 13.1. The molecule has 0 atom stereocenters. The second kappa shape index (κ2) is 11.5. The Balaban J connectivity index is 2.19. The van der Waals surface area contributed by atoms with Crippen LogP contribution in [0.3, 0.4) is 0 Å². The Hall–Kier alpha value is -1.06. The van der Waals surface area contributed by atoms with E-state index in [0.29, 0.717) is 22.0 Å². The van der Waals surface area contributed by atoms with Gasteiger partial charge in [0.15, 0.2) is 0 Å². The molecule has 22 heavy (non-hydrogen) atoms. The van der Waals surface area contributed by atoms with Gasteiger partial charge < -0.3 is 0 Å². The topological polar surface area (TPSA) is 41.5 Å². The monoisotopic (exact) mass is 342 g/mol. The van der Waals surface area contributed by atoms with Crippen molar-refractivity contribution in [1.29, 1.82) is 0 Å². The van der Waals surface area contributed by atoms with Gasteiger partial charge in [0.2, 0.25) is 5.91 Å². The van der Waals surface area contributed by atoms with E-state index in [1.807, 2.05) is 0 Å². The second-order valence-electron chi connectivity index (χ2n) is 5.30. The van der Waals surface area contributed by atoms with Crippen LogP contribution in [-0.2, 0) is 4.79 Å². The van der Waals surface area contributed by atoms with Gasteiger partial charge in [-0.25, -0.2) is 5.43 Å². The maximum atomic E-state index is 11.6. The predicted molar refractivity (Wildman–Crippen MR) is 94.8 cm³/mol. The molecule has 0 unspecified atom stereocenters. The number of hydrogen-bond donors (Lipinski definition) is 1. The van der Waals surface area contributed by atoms with Crippen molar-refractivity contribution in [2.75, 3.05) is 0 Å². The lowest BCUT2D eigenvalue weighted by atomic mass is 10.1. The number of hydrazone groups is 1. The number of carbonyl (C=O) groups is 1. The van der Waals surface area contributed by atoms with Crippen molar-refractivity contribution >= 4 is 35.3 Å². The van der Waals surface area contributed by atoms with Crippen LogP contribution in [0.4, 0.5) is 0 Å². The summed E-state index contributed by atoms with van der Waals surface area (Å²) in [5.74, 6) is -0.0759. The third kappa shape index (κ3) is 7.81. The Morgan fingerprint density at radius 3 is 2.32 bits per heavy atom. The van der Waals surface area contributed by atoms with E-state index in [9.17, 15) is 4.79 Å². The second-order valence-corrected chi connectivity index (χ2v) is 6.11. The molecule has 0 saturated heterocycles. The molecule has 1 N–H and O–H groups in total. The lowest BCUT2D eigenvalue weighted by molar-refractivity contribution is -0.121. The lowest BCUT2D eigenvalue weighted by Gasteiger charge is -2.02. The van der Waals surface area contributed by atoms with Crippen LogP contribution in [0.1, 0.15) is 63.9 Å². The summed E-state index contributed by atoms with van der Waals surface area (Å²) >= 11 is 12.0. The van der Waals surface area contributed by atoms with Gasteiger partial charge in [-0.2, -0.15) is 5.10 Å². The van der Waals surface area contributed by atoms with Crippen molar-refractivity contribution in [2.45, 2.75) is 58.3 Å². The van der Waals surface area contributed by atoms with Crippen LogP contribution >= 0.6 is 23.2 Å². The van der Waals surface area contributed by atoms with Gasteiger partial charge in [0.25, 0.3) is 0 Å². The number of benzene rings is 1. The first-order valence-electron chi connectivity index (χ1n) is 7.91. The largest absolute Gasteiger partial charge is 0.273 e. The van der Waals surface area contributed by atoms with Crippen LogP contribution in [-0.4, -0.2) is 12.1 Å². The Morgan fingerprint density at radius 2 is 1.68 bits per heavy atom. The zero-order chi connectivity index (χ0) is 16.2. The molecule has 0 aliphatic carbocycles. The molecule has 0 bridgehead atoms. The average molecular weight is 343 g/mol. The molecule has 0 spiro atoms. The number of unbranched alkanes of at least 4 members (excludes halogenated alkanes) is 6. The lowest BCUT2D eigenvalue weighted by Crippen LogP contribution is -2.16. The molecule has 0 aliphatic rings. The van der Waals surface area contributed by atoms with E-state index >= 15 is 0 Å². The van der Waals surface area contributed by atoms with E-state index in [4.69, 9.17) is 23.2 Å². The summed E-state index contributed by atoms with van der Waals surface area (Å²) < 4.78 is 0. The van der Waals surface area contributed by atoms with Gasteiger partial charge >= 0.3 is 0 Å². The minimum absolute atomic E-state index is 0.0759. The highest BCUT2D eigenvalue weighted by Gasteiger charge is 2.03. The summed E-state index contributed by atoms with van der Waals surface area (Å²) in [4.78, 5) is 11.6. The number of carbonyl (C=O) groups excluding carboxylic acids is 1. The number of rotatable bonds is 10. The van der Waals surface area contributed by atoms with Gasteiger partial charge in [0, 0.05) is 12.0 Å². The standard InChI is InChI=1S/C17H24Cl2N2O/c1-2-3-4-5-6-7-8-12-17(22)21-20-13-14-15(18)10-9-11-16(14)19/h9-11,13H,2-8,12H2,1H3,(H,21,22)/b20-13+. The van der Waals surface area contributed by atoms with Crippen molar-refractivity contribution in [3.8, 4) is 0 Å². The minimum Gasteiger partial charge on any atom is -0.273 e. The maximum absolute atomic E-state index is 11.6. The SMILES string of the molecule is CCCCCCCCCC(=O)N/N=C/c1c(Cl)cccc1Cl. The van der Waals surface area contributed by atoms with E-state index in [-0.39, 0.29) is 5.91 Å². The molecular weight excluding hydrogens is 319 g/mol. The number of halogens is 2. The first-order chi connectivity index (χ1) is 10.6. The molecule has 5 heteroatoms. The molecule has 0 fully saturated rings. The molecule has 1 aromatic carbocycles. The van der Waals surface area contributed by atoms with Crippen molar-refractivity contribution in [1.82, 2.24) is 5.43 Å². The fraction of sp³-hybridized carbons (Fsp3) is 0.529. The fourth-order valence-corrected chi connectivity index (χ4v) is 2.60. The van der Waals surface area contributed by atoms with Crippen LogP contribution in [0.2, 0.25) is 10.0 Å². The Morgan fingerprint density at radius 1 is 1.09 bits per heavy atom. The van der Waals surface area contributed by atoms with Gasteiger partial charge in [0.1, 0.15) is 0 Å². The van der Waals surface area contributed by atoms with Crippen molar-refractivity contribution in [3.05, 3.63) is 33.8 Å². The van der Waals surface area contributed by atoms with Crippen LogP contribution in [0, 0.1) is 0 Å². The van der Waals surface area contributed by atoms with Crippen molar-refractivity contribution in [2.24, 2.45) is 5.10 Å². The minimum atomic E-state index is -0.0759. The summed E-state index contributed by atoms with van der Waals surface area (Å²) in [5, 5.41) is 4.93. The predicted octanol–water partition coefficient (Wildman–Crippen LogP) is 5.58. The van der Waals surface area contributed by atoms with Crippen LogP contribution in [0.5, 0.6) is 0 Å². The molecule has 0 saturated carbocycles. The molecule has 1 aromatic rings. The zero-order valence-corrected chi connectivity index (χ0v) is 14.6.